The summed E-state index contributed by atoms with van der Waals surface area (Å²) in [4.78, 5) is 0. The molecule has 1 atom stereocenters. The third kappa shape index (κ3) is 1.19. The van der Waals surface area contributed by atoms with E-state index in [0.29, 0.717) is 5.03 Å². The lowest BCUT2D eigenvalue weighted by atomic mass is 10.1. The van der Waals surface area contributed by atoms with E-state index in [1.54, 1.807) is 6.20 Å². The van der Waals surface area contributed by atoms with E-state index >= 15 is 0 Å². The van der Waals surface area contributed by atoms with Gasteiger partial charge in [-0.25, -0.2) is 0 Å². The summed E-state index contributed by atoms with van der Waals surface area (Å²) in [5, 5.41) is 3.67. The number of nitrogens with one attached hydrogen (secondary N) is 1. The SMILES string of the molecule is ClC1=CNC(Cl)c2ccccc21. The summed E-state index contributed by atoms with van der Waals surface area (Å²) >= 11 is 12.0. The highest BCUT2D eigenvalue weighted by Crippen LogP contribution is 2.32. The molecule has 2 rings (SSSR count). The molecule has 0 saturated carbocycles. The Morgan fingerprint density at radius 2 is 2.00 bits per heavy atom. The van der Waals surface area contributed by atoms with Crippen molar-refractivity contribution in [3.63, 3.8) is 0 Å². The Morgan fingerprint density at radius 3 is 2.75 bits per heavy atom. The first-order chi connectivity index (χ1) is 5.79. The number of rotatable bonds is 0. The summed E-state index contributed by atoms with van der Waals surface area (Å²) < 4.78 is 0. The van der Waals surface area contributed by atoms with Gasteiger partial charge in [0.2, 0.25) is 0 Å². The van der Waals surface area contributed by atoms with Crippen LogP contribution in [0.1, 0.15) is 16.6 Å². The van der Waals surface area contributed by atoms with Crippen molar-refractivity contribution >= 4 is 28.2 Å². The van der Waals surface area contributed by atoms with Crippen LogP contribution in [0.25, 0.3) is 5.03 Å². The van der Waals surface area contributed by atoms with Gasteiger partial charge in [-0.3, -0.25) is 0 Å². The maximum Gasteiger partial charge on any atom is 0.127 e. The fraction of sp³-hybridized carbons (Fsp3) is 0.111. The minimum atomic E-state index is -0.163. The summed E-state index contributed by atoms with van der Waals surface area (Å²) in [5.74, 6) is 0. The van der Waals surface area contributed by atoms with Gasteiger partial charge in [-0.1, -0.05) is 47.5 Å². The van der Waals surface area contributed by atoms with Crippen LogP contribution in [0, 0.1) is 0 Å². The molecule has 1 unspecified atom stereocenters. The van der Waals surface area contributed by atoms with Crippen LogP contribution in [0.3, 0.4) is 0 Å². The minimum Gasteiger partial charge on any atom is -0.370 e. The van der Waals surface area contributed by atoms with Gasteiger partial charge in [-0.15, -0.1) is 0 Å². The normalized spacial score (nSPS) is 20.8. The van der Waals surface area contributed by atoms with E-state index < -0.39 is 0 Å². The predicted octanol–water partition coefficient (Wildman–Crippen LogP) is 3.06. The quantitative estimate of drug-likeness (QED) is 0.501. The van der Waals surface area contributed by atoms with E-state index in [-0.39, 0.29) is 5.50 Å². The maximum absolute atomic E-state index is 6.00. The van der Waals surface area contributed by atoms with E-state index in [1.165, 1.54) is 0 Å². The third-order valence-corrected chi connectivity index (χ3v) is 2.52. The van der Waals surface area contributed by atoms with Gasteiger partial charge in [0.05, 0.1) is 5.03 Å². The van der Waals surface area contributed by atoms with Crippen LogP contribution in [-0.4, -0.2) is 0 Å². The molecular weight excluding hydrogens is 193 g/mol. The average molecular weight is 200 g/mol. The molecule has 1 heterocycles. The van der Waals surface area contributed by atoms with E-state index in [0.717, 1.165) is 11.1 Å². The molecule has 1 aliphatic heterocycles. The van der Waals surface area contributed by atoms with Crippen LogP contribution in [0.15, 0.2) is 30.5 Å². The molecule has 0 radical (unpaired) electrons. The fourth-order valence-corrected chi connectivity index (χ4v) is 1.74. The third-order valence-electron chi connectivity index (χ3n) is 1.85. The van der Waals surface area contributed by atoms with Crippen LogP contribution >= 0.6 is 23.2 Å². The van der Waals surface area contributed by atoms with Crippen molar-refractivity contribution in [2.45, 2.75) is 5.50 Å². The van der Waals surface area contributed by atoms with Crippen molar-refractivity contribution in [1.29, 1.82) is 0 Å². The smallest absolute Gasteiger partial charge is 0.127 e. The first-order valence-corrected chi connectivity index (χ1v) is 4.45. The number of hydrogen-bond acceptors (Lipinski definition) is 1. The molecule has 0 saturated heterocycles. The second-order valence-corrected chi connectivity index (χ2v) is 3.45. The zero-order valence-corrected chi connectivity index (χ0v) is 7.73. The van der Waals surface area contributed by atoms with Gasteiger partial charge in [0.25, 0.3) is 0 Å². The molecular formula is C9H7Cl2N. The molecule has 1 aromatic rings. The number of halogens is 2. The molecule has 1 N–H and O–H groups in total. The van der Waals surface area contributed by atoms with E-state index in [4.69, 9.17) is 23.2 Å². The topological polar surface area (TPSA) is 12.0 Å². The van der Waals surface area contributed by atoms with Crippen molar-refractivity contribution in [2.24, 2.45) is 0 Å². The Labute approximate surface area is 81.0 Å². The summed E-state index contributed by atoms with van der Waals surface area (Å²) in [7, 11) is 0. The van der Waals surface area contributed by atoms with E-state index in [1.807, 2.05) is 24.3 Å². The molecule has 1 aromatic carbocycles. The lowest BCUT2D eigenvalue weighted by Gasteiger charge is -2.19. The van der Waals surface area contributed by atoms with Crippen molar-refractivity contribution in [2.75, 3.05) is 0 Å². The number of fused-ring (bicyclic) bond motifs is 1. The summed E-state index contributed by atoms with van der Waals surface area (Å²) in [6, 6.07) is 7.83. The zero-order valence-electron chi connectivity index (χ0n) is 6.22. The molecule has 1 nitrogen and oxygen atoms in total. The Bertz CT molecular complexity index is 333. The Kier molecular flexibility index (Phi) is 1.99. The Balaban J connectivity index is 2.58. The van der Waals surface area contributed by atoms with Crippen molar-refractivity contribution in [3.8, 4) is 0 Å². The Hall–Kier alpha value is -0.660. The van der Waals surface area contributed by atoms with Crippen LogP contribution < -0.4 is 5.32 Å². The second-order valence-electron chi connectivity index (χ2n) is 2.61. The molecule has 0 aliphatic carbocycles. The summed E-state index contributed by atoms with van der Waals surface area (Å²) in [5.41, 5.74) is 1.88. The number of benzene rings is 1. The van der Waals surface area contributed by atoms with E-state index in [9.17, 15) is 0 Å². The molecule has 0 bridgehead atoms. The van der Waals surface area contributed by atoms with Crippen LogP contribution in [-0.2, 0) is 0 Å². The van der Waals surface area contributed by atoms with Gasteiger partial charge in [0.15, 0.2) is 0 Å². The fourth-order valence-electron chi connectivity index (χ4n) is 1.25. The molecule has 0 amide bonds. The van der Waals surface area contributed by atoms with Gasteiger partial charge < -0.3 is 5.32 Å². The zero-order chi connectivity index (χ0) is 8.55. The van der Waals surface area contributed by atoms with Gasteiger partial charge in [0.1, 0.15) is 5.50 Å². The van der Waals surface area contributed by atoms with Gasteiger partial charge >= 0.3 is 0 Å². The highest BCUT2D eigenvalue weighted by Gasteiger charge is 2.16. The number of hydrogen-bond donors (Lipinski definition) is 1. The molecule has 0 fully saturated rings. The monoisotopic (exact) mass is 199 g/mol. The van der Waals surface area contributed by atoms with Crippen molar-refractivity contribution < 1.29 is 0 Å². The van der Waals surface area contributed by atoms with E-state index in [2.05, 4.69) is 5.32 Å². The largest absolute Gasteiger partial charge is 0.370 e. The van der Waals surface area contributed by atoms with Gasteiger partial charge in [0, 0.05) is 11.8 Å². The highest BCUT2D eigenvalue weighted by atomic mass is 35.5. The summed E-state index contributed by atoms with van der Waals surface area (Å²) in [6.07, 6.45) is 1.72. The first-order valence-electron chi connectivity index (χ1n) is 3.64. The van der Waals surface area contributed by atoms with Crippen molar-refractivity contribution in [3.05, 3.63) is 41.6 Å². The molecule has 1 aliphatic rings. The highest BCUT2D eigenvalue weighted by molar-refractivity contribution is 6.49. The standard InChI is InChI=1S/C9H7Cl2N/c10-8-5-12-9(11)7-4-2-1-3-6(7)8/h1-5,9,12H. The molecule has 62 valence electrons. The van der Waals surface area contributed by atoms with Crippen LogP contribution in [0.2, 0.25) is 0 Å². The molecule has 0 spiro atoms. The van der Waals surface area contributed by atoms with Crippen LogP contribution in [0.5, 0.6) is 0 Å². The van der Waals surface area contributed by atoms with Gasteiger partial charge in [-0.2, -0.15) is 0 Å². The second kappa shape index (κ2) is 3.00. The lowest BCUT2D eigenvalue weighted by Crippen LogP contribution is -2.15. The predicted molar refractivity (Wildman–Crippen MR) is 52.0 cm³/mol. The molecule has 12 heavy (non-hydrogen) atoms. The maximum atomic E-state index is 6.00. The van der Waals surface area contributed by atoms with Gasteiger partial charge in [-0.05, 0) is 5.56 Å². The molecule has 0 aromatic heterocycles. The first kappa shape index (κ1) is 7.96. The average Bonchev–Trinajstić information content (AvgIpc) is 2.12. The van der Waals surface area contributed by atoms with Crippen molar-refractivity contribution in [1.82, 2.24) is 5.32 Å². The summed E-state index contributed by atoms with van der Waals surface area (Å²) in [6.45, 7) is 0. The lowest BCUT2D eigenvalue weighted by molar-refractivity contribution is 0.819. The van der Waals surface area contributed by atoms with Crippen LogP contribution in [0.4, 0.5) is 0 Å². The number of alkyl halides is 1. The Morgan fingerprint density at radius 1 is 1.25 bits per heavy atom. The minimum absolute atomic E-state index is 0.163. The molecule has 3 heteroatoms.